The summed E-state index contributed by atoms with van der Waals surface area (Å²) in [6.07, 6.45) is 3.72. The molecular weight excluding hydrogens is 396 g/mol. The highest BCUT2D eigenvalue weighted by atomic mass is 35.5. The van der Waals surface area contributed by atoms with Gasteiger partial charge in [0.1, 0.15) is 5.82 Å². The molecule has 0 bridgehead atoms. The first kappa shape index (κ1) is 22.4. The highest BCUT2D eigenvalue weighted by Crippen LogP contribution is 2.28. The summed E-state index contributed by atoms with van der Waals surface area (Å²) in [5.41, 5.74) is 0.935. The van der Waals surface area contributed by atoms with Crippen molar-refractivity contribution in [3.05, 3.63) is 24.3 Å². The topological polar surface area (TPSA) is 73.4 Å². The number of fused-ring (bicyclic) bond motifs is 1. The third-order valence-electron chi connectivity index (χ3n) is 4.92. The van der Waals surface area contributed by atoms with Gasteiger partial charge in [-0.3, -0.25) is 4.31 Å². The highest BCUT2D eigenvalue weighted by Gasteiger charge is 2.27. The fourth-order valence-electron chi connectivity index (χ4n) is 3.51. The number of halogens is 1. The number of rotatable bonds is 5. The number of anilines is 2. The Labute approximate surface area is 178 Å². The van der Waals surface area contributed by atoms with Crippen molar-refractivity contribution in [3.63, 3.8) is 0 Å². The van der Waals surface area contributed by atoms with Crippen LogP contribution in [0.4, 0.5) is 16.6 Å². The van der Waals surface area contributed by atoms with Crippen LogP contribution in [0.5, 0.6) is 0 Å². The fraction of sp³-hybridized carbons (Fsp3) is 0.526. The maximum atomic E-state index is 11.9. The van der Waals surface area contributed by atoms with E-state index in [9.17, 15) is 4.79 Å². The molecule has 9 heteroatoms. The zero-order valence-electron chi connectivity index (χ0n) is 16.6. The van der Waals surface area contributed by atoms with Gasteiger partial charge in [-0.05, 0) is 44.7 Å². The predicted molar refractivity (Wildman–Crippen MR) is 121 cm³/mol. The van der Waals surface area contributed by atoms with Gasteiger partial charge in [0.2, 0.25) is 5.95 Å². The van der Waals surface area contributed by atoms with Crippen molar-refractivity contribution >= 4 is 53.9 Å². The number of thiol groups is 1. The van der Waals surface area contributed by atoms with Gasteiger partial charge in [0.15, 0.2) is 0 Å². The van der Waals surface area contributed by atoms with Crippen molar-refractivity contribution in [2.24, 2.45) is 0 Å². The van der Waals surface area contributed by atoms with Crippen LogP contribution in [0, 0.1) is 0 Å². The van der Waals surface area contributed by atoms with Gasteiger partial charge >= 0.3 is 6.03 Å². The monoisotopic (exact) mass is 424 g/mol. The van der Waals surface area contributed by atoms with Crippen molar-refractivity contribution in [1.82, 2.24) is 19.6 Å². The predicted octanol–water partition coefficient (Wildman–Crippen LogP) is 3.72. The lowest BCUT2D eigenvalue weighted by Crippen LogP contribution is -2.43. The first-order chi connectivity index (χ1) is 13.0. The maximum absolute atomic E-state index is 11.9. The molecule has 1 fully saturated rings. The lowest BCUT2D eigenvalue weighted by atomic mass is 9.91. The van der Waals surface area contributed by atoms with Crippen LogP contribution in [-0.2, 0) is 0 Å². The van der Waals surface area contributed by atoms with E-state index in [1.54, 1.807) is 0 Å². The Bertz CT molecular complexity index is 797. The van der Waals surface area contributed by atoms with Crippen LogP contribution in [0.25, 0.3) is 10.9 Å². The Morgan fingerprint density at radius 3 is 2.50 bits per heavy atom. The van der Waals surface area contributed by atoms with Crippen LogP contribution in [0.1, 0.15) is 32.6 Å². The summed E-state index contributed by atoms with van der Waals surface area (Å²) in [6.45, 7) is 2.52. The third-order valence-corrected chi connectivity index (χ3v) is 5.43. The van der Waals surface area contributed by atoms with Crippen LogP contribution >= 0.6 is 25.2 Å². The minimum absolute atomic E-state index is 0. The lowest BCUT2D eigenvalue weighted by Gasteiger charge is -2.34. The number of nitrogens with one attached hydrogen (secondary N) is 2. The van der Waals surface area contributed by atoms with Gasteiger partial charge in [0.25, 0.3) is 0 Å². The second-order valence-electron chi connectivity index (χ2n) is 7.11. The van der Waals surface area contributed by atoms with Crippen molar-refractivity contribution in [1.29, 1.82) is 0 Å². The van der Waals surface area contributed by atoms with Gasteiger partial charge in [0, 0.05) is 38.1 Å². The molecule has 1 aromatic carbocycles. The smallest absolute Gasteiger partial charge is 0.327 e. The minimum Gasteiger partial charge on any atom is -0.362 e. The standard InChI is InChI=1S/C19H28N6OS.ClH/c1-4-20-19(26)25(27)14-11-9-13(10-12-14)21-18-22-16-8-6-5-7-15(16)17(23-18)24(2)3;/h5-8,13-14,27H,4,9-12H2,1-3H3,(H,20,26)(H,21,22,23);1H. The Hall–Kier alpha value is -1.93. The van der Waals surface area contributed by atoms with E-state index in [-0.39, 0.29) is 24.5 Å². The largest absolute Gasteiger partial charge is 0.362 e. The number of urea groups is 1. The number of hydrogen-bond donors (Lipinski definition) is 3. The molecule has 0 saturated heterocycles. The normalized spacial score (nSPS) is 18.9. The molecule has 154 valence electrons. The maximum Gasteiger partial charge on any atom is 0.327 e. The fourth-order valence-corrected chi connectivity index (χ4v) is 3.81. The first-order valence-corrected chi connectivity index (χ1v) is 9.86. The molecule has 28 heavy (non-hydrogen) atoms. The summed E-state index contributed by atoms with van der Waals surface area (Å²) >= 11 is 4.38. The Kier molecular flexibility index (Phi) is 8.00. The van der Waals surface area contributed by atoms with Crippen molar-refractivity contribution in [2.45, 2.75) is 44.7 Å². The number of benzene rings is 1. The van der Waals surface area contributed by atoms with Crippen LogP contribution in [0.2, 0.25) is 0 Å². The van der Waals surface area contributed by atoms with E-state index in [0.29, 0.717) is 18.5 Å². The summed E-state index contributed by atoms with van der Waals surface area (Å²) in [6, 6.07) is 8.39. The molecule has 0 aliphatic heterocycles. The zero-order valence-corrected chi connectivity index (χ0v) is 18.3. The molecular formula is C19H29ClN6OS. The van der Waals surface area contributed by atoms with E-state index in [2.05, 4.69) is 28.4 Å². The SMILES string of the molecule is CCNC(=O)N(S)C1CCC(Nc2nc(N(C)C)c3ccccc3n2)CC1.Cl. The summed E-state index contributed by atoms with van der Waals surface area (Å²) < 4.78 is 1.54. The number of amides is 2. The average molecular weight is 425 g/mol. The highest BCUT2D eigenvalue weighted by molar-refractivity contribution is 7.78. The van der Waals surface area contributed by atoms with Crippen molar-refractivity contribution < 1.29 is 4.79 Å². The minimum atomic E-state index is -0.120. The summed E-state index contributed by atoms with van der Waals surface area (Å²) in [7, 11) is 3.98. The number of carbonyl (C=O) groups excluding carboxylic acids is 1. The molecule has 0 spiro atoms. The number of aromatic nitrogens is 2. The molecule has 0 radical (unpaired) electrons. The zero-order chi connectivity index (χ0) is 19.4. The lowest BCUT2D eigenvalue weighted by molar-refractivity contribution is 0.205. The van der Waals surface area contributed by atoms with E-state index in [0.717, 1.165) is 42.4 Å². The molecule has 3 rings (SSSR count). The number of para-hydroxylation sites is 1. The molecule has 0 unspecified atom stereocenters. The third kappa shape index (κ3) is 5.11. The van der Waals surface area contributed by atoms with Gasteiger partial charge in [-0.15, -0.1) is 12.4 Å². The molecule has 2 aromatic rings. The van der Waals surface area contributed by atoms with E-state index < -0.39 is 0 Å². The quantitative estimate of drug-likeness (QED) is 0.638. The van der Waals surface area contributed by atoms with Gasteiger partial charge in [0.05, 0.1) is 5.52 Å². The summed E-state index contributed by atoms with van der Waals surface area (Å²) in [5.74, 6) is 1.57. The molecule has 2 N–H and O–H groups in total. The Morgan fingerprint density at radius 2 is 1.86 bits per heavy atom. The first-order valence-electron chi connectivity index (χ1n) is 9.46. The second-order valence-corrected chi connectivity index (χ2v) is 7.54. The van der Waals surface area contributed by atoms with Crippen molar-refractivity contribution in [2.75, 3.05) is 30.9 Å². The molecule has 0 atom stereocenters. The van der Waals surface area contributed by atoms with Gasteiger partial charge < -0.3 is 15.5 Å². The Morgan fingerprint density at radius 1 is 1.18 bits per heavy atom. The molecule has 1 aliphatic carbocycles. The summed E-state index contributed by atoms with van der Waals surface area (Å²) in [4.78, 5) is 23.3. The molecule has 2 amide bonds. The van der Waals surface area contributed by atoms with Crippen LogP contribution in [-0.4, -0.2) is 53.0 Å². The number of hydrogen-bond acceptors (Lipinski definition) is 6. The second kappa shape index (κ2) is 10.0. The summed E-state index contributed by atoms with van der Waals surface area (Å²) in [5, 5.41) is 7.33. The van der Waals surface area contributed by atoms with Crippen LogP contribution < -0.4 is 15.5 Å². The molecule has 7 nitrogen and oxygen atoms in total. The Balaban J connectivity index is 0.00000280. The van der Waals surface area contributed by atoms with E-state index in [1.165, 1.54) is 4.31 Å². The van der Waals surface area contributed by atoms with Gasteiger partial charge in [-0.2, -0.15) is 4.98 Å². The van der Waals surface area contributed by atoms with Crippen LogP contribution in [0.3, 0.4) is 0 Å². The molecule has 1 saturated carbocycles. The van der Waals surface area contributed by atoms with Gasteiger partial charge in [-0.25, -0.2) is 9.78 Å². The molecule has 1 heterocycles. The van der Waals surface area contributed by atoms with Crippen LogP contribution in [0.15, 0.2) is 24.3 Å². The number of nitrogens with zero attached hydrogens (tertiary/aromatic N) is 4. The number of carbonyl (C=O) groups is 1. The molecule has 1 aromatic heterocycles. The average Bonchev–Trinajstić information content (AvgIpc) is 2.67. The van der Waals surface area contributed by atoms with Gasteiger partial charge in [-0.1, -0.05) is 24.9 Å². The van der Waals surface area contributed by atoms with E-state index in [4.69, 9.17) is 4.98 Å². The van der Waals surface area contributed by atoms with E-state index >= 15 is 0 Å². The van der Waals surface area contributed by atoms with E-state index in [1.807, 2.05) is 50.2 Å². The van der Waals surface area contributed by atoms with Crippen molar-refractivity contribution in [3.8, 4) is 0 Å². The molecule has 1 aliphatic rings.